The number of benzene rings is 1. The van der Waals surface area contributed by atoms with Crippen molar-refractivity contribution < 1.29 is 13.2 Å². The molecule has 0 aliphatic rings. The van der Waals surface area contributed by atoms with Gasteiger partial charge in [0.05, 0.1) is 0 Å². The molecule has 0 aliphatic carbocycles. The van der Waals surface area contributed by atoms with Crippen LogP contribution in [0, 0.1) is 18.6 Å². The summed E-state index contributed by atoms with van der Waals surface area (Å²) in [5.74, 6) is -1.89. The molecule has 0 heterocycles. The third-order valence-electron chi connectivity index (χ3n) is 1.42. The Bertz CT molecular complexity index is 245. The molecule has 0 nitrogen and oxygen atoms in total. The quantitative estimate of drug-likeness (QED) is 0.592. The van der Waals surface area contributed by atoms with Crippen molar-refractivity contribution in [3.05, 3.63) is 34.9 Å². The van der Waals surface area contributed by atoms with Gasteiger partial charge in [-0.25, -0.2) is 13.2 Å². The third-order valence-corrected chi connectivity index (χ3v) is 1.42. The van der Waals surface area contributed by atoms with E-state index in [4.69, 9.17) is 0 Å². The van der Waals surface area contributed by atoms with Crippen LogP contribution >= 0.6 is 0 Å². The summed E-state index contributed by atoms with van der Waals surface area (Å²) < 4.78 is 37.0. The van der Waals surface area contributed by atoms with E-state index in [-0.39, 0.29) is 11.1 Å². The number of aryl methyl sites for hydroxylation is 1. The van der Waals surface area contributed by atoms with E-state index >= 15 is 0 Å². The van der Waals surface area contributed by atoms with E-state index in [1.165, 1.54) is 13.0 Å². The fourth-order valence-electron chi connectivity index (χ4n) is 0.875. The zero-order valence-electron chi connectivity index (χ0n) is 6.00. The van der Waals surface area contributed by atoms with E-state index in [2.05, 4.69) is 0 Å². The van der Waals surface area contributed by atoms with Gasteiger partial charge in [-0.15, -0.1) is 0 Å². The number of hydrogen-bond acceptors (Lipinski definition) is 0. The lowest BCUT2D eigenvalue weighted by Crippen LogP contribution is -1.91. The molecule has 0 bridgehead atoms. The molecule has 0 aromatic heterocycles. The molecule has 0 amide bonds. The summed E-state index contributed by atoms with van der Waals surface area (Å²) in [7, 11) is 0. The predicted molar refractivity (Wildman–Crippen MR) is 35.9 cm³/mol. The fourth-order valence-corrected chi connectivity index (χ4v) is 0.875. The summed E-state index contributed by atoms with van der Waals surface area (Å²) in [6, 6.07) is 2.15. The lowest BCUT2D eigenvalue weighted by molar-refractivity contribution is 0.470. The van der Waals surface area contributed by atoms with Crippen molar-refractivity contribution in [3.8, 4) is 0 Å². The van der Waals surface area contributed by atoms with Gasteiger partial charge in [-0.2, -0.15) is 0 Å². The molecular weight excluding hydrogens is 153 g/mol. The molecule has 1 aromatic carbocycles. The van der Waals surface area contributed by atoms with Crippen LogP contribution in [0.2, 0.25) is 0 Å². The smallest absolute Gasteiger partial charge is 0.161 e. The molecule has 1 aromatic rings. The number of hydrogen-bond donors (Lipinski definition) is 0. The Morgan fingerprint density at radius 2 is 1.91 bits per heavy atom. The lowest BCUT2D eigenvalue weighted by atomic mass is 10.1. The minimum absolute atomic E-state index is 0.137. The first-order valence-electron chi connectivity index (χ1n) is 3.15. The maximum atomic E-state index is 12.5. The van der Waals surface area contributed by atoms with Crippen LogP contribution in [0.5, 0.6) is 0 Å². The highest BCUT2D eigenvalue weighted by Crippen LogP contribution is 2.14. The van der Waals surface area contributed by atoms with Gasteiger partial charge in [-0.05, 0) is 24.1 Å². The molecule has 0 aliphatic heterocycles. The third kappa shape index (κ3) is 1.53. The van der Waals surface area contributed by atoms with E-state index in [9.17, 15) is 13.2 Å². The van der Waals surface area contributed by atoms with Crippen molar-refractivity contribution in [1.82, 2.24) is 0 Å². The van der Waals surface area contributed by atoms with E-state index in [0.29, 0.717) is 0 Å². The summed E-state index contributed by atoms with van der Waals surface area (Å²) in [5, 5.41) is 0. The van der Waals surface area contributed by atoms with Gasteiger partial charge >= 0.3 is 0 Å². The standard InChI is InChI=1S/C8H7F3/c1-5-2-6(4-9)3-7(10)8(5)11/h2-3H,4H2,1H3. The Hall–Kier alpha value is -0.990. The number of halogens is 3. The van der Waals surface area contributed by atoms with E-state index in [1.54, 1.807) is 0 Å². The van der Waals surface area contributed by atoms with Gasteiger partial charge in [0, 0.05) is 0 Å². The SMILES string of the molecule is Cc1cc(CF)cc(F)c1F. The minimum atomic E-state index is -0.988. The first kappa shape index (κ1) is 8.11. The van der Waals surface area contributed by atoms with E-state index in [0.717, 1.165) is 6.07 Å². The van der Waals surface area contributed by atoms with Gasteiger partial charge in [0.15, 0.2) is 11.6 Å². The molecule has 3 heteroatoms. The highest BCUT2D eigenvalue weighted by atomic mass is 19.2. The van der Waals surface area contributed by atoms with Crippen molar-refractivity contribution in [2.24, 2.45) is 0 Å². The molecule has 0 spiro atoms. The molecule has 0 saturated heterocycles. The van der Waals surface area contributed by atoms with Crippen LogP contribution in [0.25, 0.3) is 0 Å². The van der Waals surface area contributed by atoms with Crippen molar-refractivity contribution in [3.63, 3.8) is 0 Å². The molecule has 0 radical (unpaired) electrons. The molecule has 60 valence electrons. The first-order valence-corrected chi connectivity index (χ1v) is 3.15. The van der Waals surface area contributed by atoms with Gasteiger partial charge in [0.2, 0.25) is 0 Å². The lowest BCUT2D eigenvalue weighted by Gasteiger charge is -1.99. The maximum Gasteiger partial charge on any atom is 0.161 e. The topological polar surface area (TPSA) is 0 Å². The van der Waals surface area contributed by atoms with Crippen LogP contribution in [0.4, 0.5) is 13.2 Å². The predicted octanol–water partition coefficient (Wildman–Crippen LogP) is 2.74. The second-order valence-corrected chi connectivity index (χ2v) is 2.34. The van der Waals surface area contributed by atoms with Crippen LogP contribution < -0.4 is 0 Å². The summed E-state index contributed by atoms with van der Waals surface area (Å²) >= 11 is 0. The zero-order valence-corrected chi connectivity index (χ0v) is 6.00. The largest absolute Gasteiger partial charge is 0.246 e. The zero-order chi connectivity index (χ0) is 8.43. The summed E-state index contributed by atoms with van der Waals surface area (Å²) in [6.07, 6.45) is 0. The molecule has 11 heavy (non-hydrogen) atoms. The van der Waals surface area contributed by atoms with Gasteiger partial charge in [-0.3, -0.25) is 0 Å². The molecular formula is C8H7F3. The van der Waals surface area contributed by atoms with Crippen LogP contribution in [-0.2, 0) is 6.67 Å². The van der Waals surface area contributed by atoms with E-state index < -0.39 is 18.3 Å². The average molecular weight is 160 g/mol. The van der Waals surface area contributed by atoms with Gasteiger partial charge in [-0.1, -0.05) is 6.07 Å². The number of rotatable bonds is 1. The van der Waals surface area contributed by atoms with Crippen LogP contribution in [0.3, 0.4) is 0 Å². The van der Waals surface area contributed by atoms with Crippen LogP contribution in [0.1, 0.15) is 11.1 Å². The molecule has 1 rings (SSSR count). The Morgan fingerprint density at radius 3 is 2.36 bits per heavy atom. The second-order valence-electron chi connectivity index (χ2n) is 2.34. The molecule has 0 saturated carbocycles. The van der Waals surface area contributed by atoms with Crippen molar-refractivity contribution in [1.29, 1.82) is 0 Å². The van der Waals surface area contributed by atoms with Gasteiger partial charge < -0.3 is 0 Å². The monoisotopic (exact) mass is 160 g/mol. The average Bonchev–Trinajstić information content (AvgIpc) is 1.99. The molecule has 0 unspecified atom stereocenters. The van der Waals surface area contributed by atoms with E-state index in [1.807, 2.05) is 0 Å². The Labute approximate surface area is 62.7 Å². The van der Waals surface area contributed by atoms with Crippen molar-refractivity contribution in [2.75, 3.05) is 0 Å². The Balaban J connectivity index is 3.21. The molecule has 0 N–H and O–H groups in total. The normalized spacial score (nSPS) is 10.2. The van der Waals surface area contributed by atoms with Crippen molar-refractivity contribution in [2.45, 2.75) is 13.6 Å². The first-order chi connectivity index (χ1) is 5.15. The minimum Gasteiger partial charge on any atom is -0.246 e. The van der Waals surface area contributed by atoms with Gasteiger partial charge in [0.1, 0.15) is 6.67 Å². The highest BCUT2D eigenvalue weighted by molar-refractivity contribution is 5.24. The van der Waals surface area contributed by atoms with Crippen LogP contribution in [0.15, 0.2) is 12.1 Å². The number of alkyl halides is 1. The highest BCUT2D eigenvalue weighted by Gasteiger charge is 2.06. The van der Waals surface area contributed by atoms with Crippen LogP contribution in [-0.4, -0.2) is 0 Å². The fraction of sp³-hybridized carbons (Fsp3) is 0.250. The Kier molecular flexibility index (Phi) is 2.17. The maximum absolute atomic E-state index is 12.5. The summed E-state index contributed by atoms with van der Waals surface area (Å²) in [6.45, 7) is 0.635. The molecule has 0 fully saturated rings. The van der Waals surface area contributed by atoms with Crippen molar-refractivity contribution >= 4 is 0 Å². The molecule has 0 atom stereocenters. The summed E-state index contributed by atoms with van der Waals surface area (Å²) in [4.78, 5) is 0. The van der Waals surface area contributed by atoms with Gasteiger partial charge in [0.25, 0.3) is 0 Å². The second kappa shape index (κ2) is 2.95. The Morgan fingerprint density at radius 1 is 1.27 bits per heavy atom. The summed E-state index contributed by atoms with van der Waals surface area (Å²) in [5.41, 5.74) is 0.305.